The maximum absolute atomic E-state index is 15.9. The Hall–Kier alpha value is -6.28. The number of benzene rings is 4. The maximum atomic E-state index is 15.9. The maximum Gasteiger partial charge on any atom is 0.244 e. The fraction of sp³-hybridized carbons (Fsp3) is 0.292. The molecule has 0 bridgehead atoms. The number of ether oxygens (including phenoxy) is 6. The van der Waals surface area contributed by atoms with Gasteiger partial charge >= 0.3 is 0 Å². The van der Waals surface area contributed by atoms with E-state index in [1.165, 1.54) is 82.3 Å². The summed E-state index contributed by atoms with van der Waals surface area (Å²) in [7, 11) is 4.27. The van der Waals surface area contributed by atoms with E-state index in [-0.39, 0.29) is 115 Å². The molecule has 4 aromatic carbocycles. The molecule has 0 radical (unpaired) electrons. The molecule has 0 spiro atoms. The second-order valence-electron chi connectivity index (χ2n) is 15.9. The monoisotopic (exact) mass is 1040 g/mol. The van der Waals surface area contributed by atoms with E-state index in [4.69, 9.17) is 74.8 Å². The van der Waals surface area contributed by atoms with E-state index in [0.29, 0.717) is 47.9 Å². The lowest BCUT2D eigenvalue weighted by Crippen LogP contribution is -2.52. The van der Waals surface area contributed by atoms with Crippen molar-refractivity contribution in [3.05, 3.63) is 105 Å². The first-order chi connectivity index (χ1) is 33.8. The second kappa shape index (κ2) is 22.2. The van der Waals surface area contributed by atoms with Gasteiger partial charge in [0.1, 0.15) is 46.8 Å². The summed E-state index contributed by atoms with van der Waals surface area (Å²) in [5, 5.41) is 13.5. The molecule has 22 heteroatoms. The Labute approximate surface area is 420 Å². The summed E-state index contributed by atoms with van der Waals surface area (Å²) in [5.74, 6) is -0.866. The van der Waals surface area contributed by atoms with E-state index >= 15 is 8.78 Å². The molecule has 4 unspecified atom stereocenters. The molecule has 4 atom stereocenters. The summed E-state index contributed by atoms with van der Waals surface area (Å²) in [6.45, 7) is 4.76. The number of hydrogen-bond donors (Lipinski definition) is 4. The topological polar surface area (TPSA) is 189 Å². The van der Waals surface area contributed by atoms with E-state index in [2.05, 4.69) is 47.8 Å². The minimum atomic E-state index is -0.679. The number of halogens is 6. The zero-order chi connectivity index (χ0) is 49.6. The van der Waals surface area contributed by atoms with Gasteiger partial charge < -0.3 is 49.7 Å². The Morgan fingerprint density at radius 1 is 0.700 bits per heavy atom. The van der Waals surface area contributed by atoms with Crippen LogP contribution >= 0.6 is 46.4 Å². The number of carbonyl (C=O) groups is 2. The van der Waals surface area contributed by atoms with Crippen LogP contribution in [-0.2, 0) is 19.1 Å². The van der Waals surface area contributed by atoms with Crippen molar-refractivity contribution in [3.63, 3.8) is 0 Å². The third kappa shape index (κ3) is 10.9. The van der Waals surface area contributed by atoms with Crippen molar-refractivity contribution in [1.29, 1.82) is 0 Å². The zero-order valence-corrected chi connectivity index (χ0v) is 40.7. The summed E-state index contributed by atoms with van der Waals surface area (Å²) in [6, 6.07) is 7.16. The Bertz CT molecular complexity index is 3000. The molecule has 2 aliphatic heterocycles. The van der Waals surface area contributed by atoms with Gasteiger partial charge in [-0.1, -0.05) is 53.0 Å². The van der Waals surface area contributed by atoms with E-state index in [9.17, 15) is 9.59 Å². The SMILES string of the molecule is C=CC(=O)NC1CCOCC1Nc1ncc2cc(-c3c(Cl)c(OC)cc(OCC=CC(=O)NC4CCOCC4Nc4ncc5cc(-c6c(Cl)c(OC)cc(OC)c6Cl)c(F)cc5n4)c3Cl)cc(F)c2n1. The number of nitrogens with one attached hydrogen (secondary N) is 4. The minimum absolute atomic E-state index is 0.0289. The van der Waals surface area contributed by atoms with E-state index < -0.39 is 29.6 Å². The highest BCUT2D eigenvalue weighted by Crippen LogP contribution is 2.48. The second-order valence-corrected chi connectivity index (χ2v) is 17.4. The first kappa shape index (κ1) is 50.1. The van der Waals surface area contributed by atoms with Crippen LogP contribution in [-0.4, -0.2) is 110 Å². The minimum Gasteiger partial charge on any atom is -0.495 e. The number of methoxy groups -OCH3 is 3. The highest BCUT2D eigenvalue weighted by Gasteiger charge is 2.30. The van der Waals surface area contributed by atoms with Crippen molar-refractivity contribution in [2.45, 2.75) is 37.0 Å². The molecule has 366 valence electrons. The largest absolute Gasteiger partial charge is 0.495 e. The molecule has 4 N–H and O–H groups in total. The number of fused-ring (bicyclic) bond motifs is 2. The van der Waals surface area contributed by atoms with Gasteiger partial charge in [-0.3, -0.25) is 9.59 Å². The van der Waals surface area contributed by atoms with Gasteiger partial charge in [-0.05, 0) is 48.8 Å². The van der Waals surface area contributed by atoms with Crippen LogP contribution in [0, 0.1) is 11.6 Å². The van der Waals surface area contributed by atoms with Crippen molar-refractivity contribution in [2.24, 2.45) is 0 Å². The van der Waals surface area contributed by atoms with Crippen LogP contribution in [0.25, 0.3) is 44.1 Å². The number of aromatic nitrogens is 4. The van der Waals surface area contributed by atoms with Gasteiger partial charge in [0, 0.05) is 77.3 Å². The van der Waals surface area contributed by atoms with Crippen LogP contribution in [0.2, 0.25) is 20.1 Å². The molecule has 16 nitrogen and oxygen atoms in total. The van der Waals surface area contributed by atoms with Gasteiger partial charge in [0.2, 0.25) is 23.7 Å². The van der Waals surface area contributed by atoms with Gasteiger partial charge in [-0.15, -0.1) is 0 Å². The Morgan fingerprint density at radius 2 is 1.26 bits per heavy atom. The normalized spacial score (nSPS) is 18.1. The highest BCUT2D eigenvalue weighted by atomic mass is 35.5. The highest BCUT2D eigenvalue weighted by molar-refractivity contribution is 6.42. The number of hydrogen-bond acceptors (Lipinski definition) is 14. The molecule has 8 rings (SSSR count). The molecule has 2 amide bonds. The number of carbonyl (C=O) groups excluding carboxylic acids is 2. The van der Waals surface area contributed by atoms with Crippen LogP contribution in [0.3, 0.4) is 0 Å². The third-order valence-electron chi connectivity index (χ3n) is 11.6. The Balaban J connectivity index is 0.923. The van der Waals surface area contributed by atoms with Crippen LogP contribution in [0.4, 0.5) is 20.7 Å². The molecule has 6 aromatic rings. The first-order valence-electron chi connectivity index (χ1n) is 21.6. The van der Waals surface area contributed by atoms with Gasteiger partial charge in [0.15, 0.2) is 0 Å². The van der Waals surface area contributed by atoms with Crippen LogP contribution in [0.1, 0.15) is 12.8 Å². The van der Waals surface area contributed by atoms with Crippen LogP contribution in [0.5, 0.6) is 23.0 Å². The molecule has 2 fully saturated rings. The van der Waals surface area contributed by atoms with Gasteiger partial charge in [-0.2, -0.15) is 0 Å². The fourth-order valence-corrected chi connectivity index (χ4v) is 9.45. The quantitative estimate of drug-likeness (QED) is 0.0672. The summed E-state index contributed by atoms with van der Waals surface area (Å²) in [4.78, 5) is 43.0. The van der Waals surface area contributed by atoms with Crippen molar-refractivity contribution < 1.29 is 46.8 Å². The number of anilines is 2. The lowest BCUT2D eigenvalue weighted by atomic mass is 10.0. The average molecular weight is 1040 g/mol. The first-order valence-corrected chi connectivity index (χ1v) is 23.1. The van der Waals surface area contributed by atoms with E-state index in [1.807, 2.05) is 0 Å². The molecule has 2 saturated heterocycles. The van der Waals surface area contributed by atoms with E-state index in [1.54, 1.807) is 6.07 Å². The molecular weight excluding hydrogens is 996 g/mol. The average Bonchev–Trinajstić information content (AvgIpc) is 3.35. The van der Waals surface area contributed by atoms with Gasteiger partial charge in [0.05, 0.1) is 84.3 Å². The fourth-order valence-electron chi connectivity index (χ4n) is 8.05. The molecule has 70 heavy (non-hydrogen) atoms. The number of amides is 2. The predicted molar refractivity (Wildman–Crippen MR) is 264 cm³/mol. The molecule has 0 saturated carbocycles. The summed E-state index contributed by atoms with van der Waals surface area (Å²) >= 11 is 26.8. The lowest BCUT2D eigenvalue weighted by Gasteiger charge is -2.32. The molecular formula is C48H44Cl4F2N8O8. The van der Waals surface area contributed by atoms with Crippen molar-refractivity contribution >= 4 is 91.9 Å². The number of rotatable bonds is 16. The summed E-state index contributed by atoms with van der Waals surface area (Å²) in [6.07, 6.45) is 8.02. The van der Waals surface area contributed by atoms with Crippen molar-refractivity contribution in [1.82, 2.24) is 30.6 Å². The van der Waals surface area contributed by atoms with Gasteiger partial charge in [0.25, 0.3) is 0 Å². The van der Waals surface area contributed by atoms with E-state index in [0.717, 1.165) is 0 Å². The molecule has 2 aromatic heterocycles. The summed E-state index contributed by atoms with van der Waals surface area (Å²) < 4.78 is 65.2. The van der Waals surface area contributed by atoms with Crippen molar-refractivity contribution in [2.75, 3.05) is 65.0 Å². The summed E-state index contributed by atoms with van der Waals surface area (Å²) in [5.41, 5.74) is 1.15. The molecule has 4 heterocycles. The third-order valence-corrected chi connectivity index (χ3v) is 13.1. The van der Waals surface area contributed by atoms with Crippen LogP contribution in [0.15, 0.2) is 73.6 Å². The van der Waals surface area contributed by atoms with Gasteiger partial charge in [-0.25, -0.2) is 28.7 Å². The van der Waals surface area contributed by atoms with Crippen LogP contribution < -0.4 is 40.2 Å². The van der Waals surface area contributed by atoms with Crippen molar-refractivity contribution in [3.8, 4) is 45.3 Å². The Morgan fingerprint density at radius 3 is 1.87 bits per heavy atom. The Kier molecular flexibility index (Phi) is 15.9. The predicted octanol–water partition coefficient (Wildman–Crippen LogP) is 9.02. The standard InChI is InChI=1S/C48H44Cl4F2N8O8/c1-5-38(63)57-29-8-11-68-21-32(29)61-48-56-20-25-13-23(15-28(54)46(25)62-48)40-42(49)36(67-4)18-37(45(40)52)70-10-6-7-39(64)58-30-9-12-69-22-33(30)60-47-55-19-24-14-26(27(53)16-31(24)59-47)41-43(50)34(65-2)17-35(66-3)44(41)51/h5-7,13-20,29-30,32-33H,1,8-12,21-22H2,2-4H3,(H,57,63)(H,58,64)(H,55,59,60)(H,56,61,62). The smallest absolute Gasteiger partial charge is 0.244 e. The molecule has 2 aliphatic rings. The molecule has 0 aliphatic carbocycles. The lowest BCUT2D eigenvalue weighted by molar-refractivity contribution is -0.118. The zero-order valence-electron chi connectivity index (χ0n) is 37.6. The number of nitrogens with zero attached hydrogens (tertiary/aromatic N) is 4.